The lowest BCUT2D eigenvalue weighted by Crippen LogP contribution is -1.94. The molecule has 0 aliphatic heterocycles. The Balaban J connectivity index is 1.20. The largest absolute Gasteiger partial charge is 0.454 e. The fourth-order valence-electron chi connectivity index (χ4n) is 7.33. The van der Waals surface area contributed by atoms with Gasteiger partial charge < -0.3 is 13.6 Å². The van der Waals surface area contributed by atoms with Crippen LogP contribution < -0.4 is 0 Å². The predicted octanol–water partition coefficient (Wildman–Crippen LogP) is 11.4. The average Bonchev–Trinajstić information content (AvgIpc) is 3.76. The zero-order chi connectivity index (χ0) is 29.5. The van der Waals surface area contributed by atoms with Crippen LogP contribution in [0, 0.1) is 0 Å². The molecule has 0 saturated heterocycles. The van der Waals surface area contributed by atoms with E-state index in [-0.39, 0.29) is 0 Å². The number of para-hydroxylation sites is 5. The van der Waals surface area contributed by atoms with E-state index in [0.717, 1.165) is 33.1 Å². The molecule has 0 saturated carbocycles. The summed E-state index contributed by atoms with van der Waals surface area (Å²) in [6.07, 6.45) is 0. The Labute approximate surface area is 258 Å². The molecule has 10 aromatic rings. The lowest BCUT2D eigenvalue weighted by atomic mass is 10.0. The van der Waals surface area contributed by atoms with Crippen molar-refractivity contribution < 1.29 is 4.42 Å². The van der Waals surface area contributed by atoms with E-state index >= 15 is 0 Å². The molecule has 3 aromatic heterocycles. The molecule has 3 nitrogen and oxygen atoms in total. The number of furan rings is 1. The molecule has 0 amide bonds. The Bertz CT molecular complexity index is 2760. The Kier molecular flexibility index (Phi) is 5.00. The van der Waals surface area contributed by atoms with Gasteiger partial charge in [0.2, 0.25) is 0 Å². The van der Waals surface area contributed by atoms with Gasteiger partial charge in [-0.3, -0.25) is 0 Å². The number of hydrogen-bond acceptors (Lipinski definition) is 1. The Morgan fingerprint density at radius 1 is 0.356 bits per heavy atom. The maximum atomic E-state index is 6.49. The van der Waals surface area contributed by atoms with Crippen LogP contribution in [0.15, 0.2) is 162 Å². The molecule has 0 unspecified atom stereocenters. The van der Waals surface area contributed by atoms with Crippen LogP contribution in [0.1, 0.15) is 0 Å². The number of aromatic nitrogens is 2. The molecule has 210 valence electrons. The van der Waals surface area contributed by atoms with Gasteiger partial charge in [0.15, 0.2) is 5.58 Å². The second-order valence-electron chi connectivity index (χ2n) is 11.8. The van der Waals surface area contributed by atoms with E-state index in [4.69, 9.17) is 4.42 Å². The SMILES string of the molecule is c1ccc(-n2c3ccccc3c3cc(-c4ccc5c(c4)c4ccccc4n5-c4cccc5c4oc4ccccc45)ccc32)cc1. The van der Waals surface area contributed by atoms with Crippen molar-refractivity contribution in [2.75, 3.05) is 0 Å². The minimum atomic E-state index is 0.908. The van der Waals surface area contributed by atoms with Crippen LogP contribution in [0.25, 0.3) is 88.1 Å². The van der Waals surface area contributed by atoms with Crippen molar-refractivity contribution in [2.45, 2.75) is 0 Å². The summed E-state index contributed by atoms with van der Waals surface area (Å²) in [4.78, 5) is 0. The highest BCUT2D eigenvalue weighted by molar-refractivity contribution is 6.14. The van der Waals surface area contributed by atoms with E-state index in [0.29, 0.717) is 0 Å². The summed E-state index contributed by atoms with van der Waals surface area (Å²) >= 11 is 0. The second kappa shape index (κ2) is 9.22. The first kappa shape index (κ1) is 24.4. The Morgan fingerprint density at radius 3 is 1.60 bits per heavy atom. The minimum Gasteiger partial charge on any atom is -0.454 e. The van der Waals surface area contributed by atoms with Crippen molar-refractivity contribution in [3.05, 3.63) is 158 Å². The third-order valence-electron chi connectivity index (χ3n) is 9.32. The molecule has 0 radical (unpaired) electrons. The van der Waals surface area contributed by atoms with Gasteiger partial charge in [-0.05, 0) is 71.8 Å². The molecule has 0 aliphatic carbocycles. The van der Waals surface area contributed by atoms with Crippen molar-refractivity contribution in [2.24, 2.45) is 0 Å². The summed E-state index contributed by atoms with van der Waals surface area (Å²) in [7, 11) is 0. The van der Waals surface area contributed by atoms with Crippen LogP contribution in [0.2, 0.25) is 0 Å². The molecule has 3 heteroatoms. The topological polar surface area (TPSA) is 23.0 Å². The van der Waals surface area contributed by atoms with Gasteiger partial charge in [0.1, 0.15) is 5.58 Å². The zero-order valence-corrected chi connectivity index (χ0v) is 24.3. The molecule has 10 rings (SSSR count). The van der Waals surface area contributed by atoms with Gasteiger partial charge in [0.05, 0.1) is 27.8 Å². The smallest absolute Gasteiger partial charge is 0.159 e. The van der Waals surface area contributed by atoms with E-state index in [2.05, 4.69) is 155 Å². The number of hydrogen-bond donors (Lipinski definition) is 0. The van der Waals surface area contributed by atoms with Crippen LogP contribution in [0.5, 0.6) is 0 Å². The zero-order valence-electron chi connectivity index (χ0n) is 24.3. The van der Waals surface area contributed by atoms with Crippen LogP contribution >= 0.6 is 0 Å². The monoisotopic (exact) mass is 574 g/mol. The van der Waals surface area contributed by atoms with Gasteiger partial charge in [-0.1, -0.05) is 97.1 Å². The number of rotatable bonds is 3. The highest BCUT2D eigenvalue weighted by atomic mass is 16.3. The molecule has 45 heavy (non-hydrogen) atoms. The summed E-state index contributed by atoms with van der Waals surface area (Å²) in [6, 6.07) is 56.5. The first-order chi connectivity index (χ1) is 22.3. The van der Waals surface area contributed by atoms with Gasteiger partial charge in [-0.15, -0.1) is 0 Å². The molecule has 7 aromatic carbocycles. The summed E-state index contributed by atoms with van der Waals surface area (Å²) < 4.78 is 11.2. The first-order valence-corrected chi connectivity index (χ1v) is 15.4. The standard InChI is InChI=1S/C42H26N2O/c1-2-11-29(12-3-1)43-36-17-7-4-13-30(36)34-25-27(21-23-38(34)43)28-22-24-39-35(26-28)31-14-5-8-18-37(31)44(39)40-19-10-16-33-32-15-6-9-20-41(32)45-42(33)40/h1-26H. The highest BCUT2D eigenvalue weighted by Gasteiger charge is 2.18. The molecule has 0 atom stereocenters. The number of fused-ring (bicyclic) bond motifs is 9. The van der Waals surface area contributed by atoms with E-state index in [1.165, 1.54) is 54.9 Å². The molecule has 0 aliphatic rings. The van der Waals surface area contributed by atoms with Gasteiger partial charge in [-0.25, -0.2) is 0 Å². The van der Waals surface area contributed by atoms with Gasteiger partial charge >= 0.3 is 0 Å². The minimum absolute atomic E-state index is 0.908. The van der Waals surface area contributed by atoms with Crippen molar-refractivity contribution in [1.82, 2.24) is 9.13 Å². The fourth-order valence-corrected chi connectivity index (χ4v) is 7.33. The summed E-state index contributed by atoms with van der Waals surface area (Å²) in [6.45, 7) is 0. The van der Waals surface area contributed by atoms with Crippen molar-refractivity contribution in [3.63, 3.8) is 0 Å². The van der Waals surface area contributed by atoms with Crippen LogP contribution in [0.3, 0.4) is 0 Å². The molecule has 3 heterocycles. The maximum Gasteiger partial charge on any atom is 0.159 e. The van der Waals surface area contributed by atoms with Gasteiger partial charge in [0, 0.05) is 38.0 Å². The van der Waals surface area contributed by atoms with Gasteiger partial charge in [0.25, 0.3) is 0 Å². The van der Waals surface area contributed by atoms with Crippen LogP contribution in [-0.4, -0.2) is 9.13 Å². The Morgan fingerprint density at radius 2 is 0.889 bits per heavy atom. The number of benzene rings is 7. The quantitative estimate of drug-likeness (QED) is 0.206. The summed E-state index contributed by atoms with van der Waals surface area (Å²) in [5.74, 6) is 0. The van der Waals surface area contributed by atoms with Crippen molar-refractivity contribution in [1.29, 1.82) is 0 Å². The van der Waals surface area contributed by atoms with E-state index in [1.807, 2.05) is 12.1 Å². The lowest BCUT2D eigenvalue weighted by Gasteiger charge is -2.10. The number of nitrogens with zero attached hydrogens (tertiary/aromatic N) is 2. The normalized spacial score (nSPS) is 12.0. The summed E-state index contributed by atoms with van der Waals surface area (Å²) in [5, 5.41) is 7.24. The average molecular weight is 575 g/mol. The molecular formula is C42H26N2O. The third kappa shape index (κ3) is 3.46. The van der Waals surface area contributed by atoms with Crippen molar-refractivity contribution >= 4 is 65.6 Å². The van der Waals surface area contributed by atoms with Crippen molar-refractivity contribution in [3.8, 4) is 22.5 Å². The highest BCUT2D eigenvalue weighted by Crippen LogP contribution is 2.40. The van der Waals surface area contributed by atoms with Crippen LogP contribution in [-0.2, 0) is 0 Å². The maximum absolute atomic E-state index is 6.49. The third-order valence-corrected chi connectivity index (χ3v) is 9.32. The molecular weight excluding hydrogens is 548 g/mol. The summed E-state index contributed by atoms with van der Waals surface area (Å²) in [5.41, 5.74) is 11.2. The second-order valence-corrected chi connectivity index (χ2v) is 11.8. The molecule has 0 bridgehead atoms. The fraction of sp³-hybridized carbons (Fsp3) is 0. The van der Waals surface area contributed by atoms with E-state index in [9.17, 15) is 0 Å². The van der Waals surface area contributed by atoms with Crippen LogP contribution in [0.4, 0.5) is 0 Å². The molecule has 0 N–H and O–H groups in total. The van der Waals surface area contributed by atoms with E-state index < -0.39 is 0 Å². The Hall–Kier alpha value is -6.06. The molecule has 0 fully saturated rings. The predicted molar refractivity (Wildman–Crippen MR) is 188 cm³/mol. The van der Waals surface area contributed by atoms with E-state index in [1.54, 1.807) is 0 Å². The molecule has 0 spiro atoms. The first-order valence-electron chi connectivity index (χ1n) is 15.4. The van der Waals surface area contributed by atoms with Gasteiger partial charge in [-0.2, -0.15) is 0 Å². The lowest BCUT2D eigenvalue weighted by molar-refractivity contribution is 0.666.